The average molecular weight is 324 g/mol. The predicted molar refractivity (Wildman–Crippen MR) is 83.1 cm³/mol. The van der Waals surface area contributed by atoms with E-state index >= 15 is 0 Å². The van der Waals surface area contributed by atoms with Crippen LogP contribution in [0.1, 0.15) is 10.4 Å². The summed E-state index contributed by atoms with van der Waals surface area (Å²) in [6, 6.07) is 11.7. The third-order valence-electron chi connectivity index (χ3n) is 3.59. The molecule has 0 spiro atoms. The molecule has 0 aliphatic carbocycles. The Morgan fingerprint density at radius 3 is 2.21 bits per heavy atom. The number of benzene rings is 2. The van der Waals surface area contributed by atoms with Gasteiger partial charge in [0.2, 0.25) is 11.8 Å². The van der Waals surface area contributed by atoms with Crippen molar-refractivity contribution in [2.45, 2.75) is 0 Å². The van der Waals surface area contributed by atoms with E-state index < -0.39 is 5.97 Å². The maximum atomic E-state index is 10.9. The third kappa shape index (κ3) is 2.56. The summed E-state index contributed by atoms with van der Waals surface area (Å²) in [4.78, 5) is 10.9. The summed E-state index contributed by atoms with van der Waals surface area (Å²) in [5.74, 6) is 1.02. The molecule has 7 nitrogen and oxygen atoms in total. The van der Waals surface area contributed by atoms with Gasteiger partial charge in [-0.3, -0.25) is 0 Å². The minimum Gasteiger partial charge on any atom is -0.486 e. The molecule has 1 aromatic heterocycles. The van der Waals surface area contributed by atoms with Crippen LogP contribution >= 0.6 is 0 Å². The highest BCUT2D eigenvalue weighted by Gasteiger charge is 2.16. The van der Waals surface area contributed by atoms with Crippen molar-refractivity contribution in [3.05, 3.63) is 48.0 Å². The zero-order valence-corrected chi connectivity index (χ0v) is 12.4. The fraction of sp³-hybridized carbons (Fsp3) is 0.118. The first-order valence-electron chi connectivity index (χ1n) is 7.28. The molecule has 120 valence electrons. The van der Waals surface area contributed by atoms with Crippen LogP contribution in [-0.4, -0.2) is 34.5 Å². The number of carbonyl (C=O) groups is 1. The van der Waals surface area contributed by atoms with Gasteiger partial charge >= 0.3 is 5.97 Å². The topological polar surface area (TPSA) is 94.7 Å². The molecule has 3 aromatic rings. The molecular formula is C17H12N2O5. The van der Waals surface area contributed by atoms with Gasteiger partial charge < -0.3 is 19.0 Å². The van der Waals surface area contributed by atoms with Gasteiger partial charge in [0.25, 0.3) is 0 Å². The van der Waals surface area contributed by atoms with Crippen molar-refractivity contribution in [3.63, 3.8) is 0 Å². The van der Waals surface area contributed by atoms with E-state index in [1.165, 1.54) is 12.1 Å². The van der Waals surface area contributed by atoms with Crippen molar-refractivity contribution in [1.82, 2.24) is 10.2 Å². The van der Waals surface area contributed by atoms with E-state index in [1.54, 1.807) is 24.3 Å². The second-order valence-corrected chi connectivity index (χ2v) is 5.15. The number of carboxylic acids is 1. The van der Waals surface area contributed by atoms with E-state index in [9.17, 15) is 4.79 Å². The van der Waals surface area contributed by atoms with Gasteiger partial charge in [0.15, 0.2) is 11.5 Å². The molecule has 0 unspecified atom stereocenters. The van der Waals surface area contributed by atoms with Crippen molar-refractivity contribution in [2.24, 2.45) is 0 Å². The molecule has 2 aromatic carbocycles. The number of aromatic nitrogens is 2. The lowest BCUT2D eigenvalue weighted by Gasteiger charge is -2.18. The van der Waals surface area contributed by atoms with Crippen LogP contribution in [0.2, 0.25) is 0 Å². The van der Waals surface area contributed by atoms with Crippen LogP contribution in [0.25, 0.3) is 22.9 Å². The smallest absolute Gasteiger partial charge is 0.335 e. The van der Waals surface area contributed by atoms with Crippen LogP contribution in [0.3, 0.4) is 0 Å². The summed E-state index contributed by atoms with van der Waals surface area (Å²) in [6.07, 6.45) is 0. The van der Waals surface area contributed by atoms with Crippen molar-refractivity contribution in [3.8, 4) is 34.4 Å². The van der Waals surface area contributed by atoms with Gasteiger partial charge in [-0.1, -0.05) is 0 Å². The number of hydrogen-bond donors (Lipinski definition) is 1. The van der Waals surface area contributed by atoms with Crippen LogP contribution < -0.4 is 9.47 Å². The first-order valence-corrected chi connectivity index (χ1v) is 7.28. The minimum atomic E-state index is -0.982. The SMILES string of the molecule is O=C(O)c1ccc(-c2nnc(-c3ccc4c(c3)OCCO4)o2)cc1. The lowest BCUT2D eigenvalue weighted by molar-refractivity contribution is 0.0697. The first kappa shape index (κ1) is 14.3. The molecule has 0 radical (unpaired) electrons. The molecule has 0 saturated carbocycles. The fourth-order valence-corrected chi connectivity index (χ4v) is 2.39. The quantitative estimate of drug-likeness (QED) is 0.791. The van der Waals surface area contributed by atoms with Crippen molar-refractivity contribution in [1.29, 1.82) is 0 Å². The molecule has 1 N–H and O–H groups in total. The third-order valence-corrected chi connectivity index (χ3v) is 3.59. The van der Waals surface area contributed by atoms with Crippen LogP contribution in [0, 0.1) is 0 Å². The Kier molecular flexibility index (Phi) is 3.38. The van der Waals surface area contributed by atoms with Gasteiger partial charge in [0.05, 0.1) is 5.56 Å². The average Bonchev–Trinajstić information content (AvgIpc) is 3.11. The number of carboxylic acid groups (broad SMARTS) is 1. The molecule has 1 aliphatic heterocycles. The maximum Gasteiger partial charge on any atom is 0.335 e. The second kappa shape index (κ2) is 5.69. The molecule has 0 atom stereocenters. The van der Waals surface area contributed by atoms with Gasteiger partial charge in [-0.05, 0) is 42.5 Å². The van der Waals surface area contributed by atoms with Gasteiger partial charge in [-0.25, -0.2) is 4.79 Å². The van der Waals surface area contributed by atoms with Crippen molar-refractivity contribution < 1.29 is 23.8 Å². The minimum absolute atomic E-state index is 0.199. The zero-order valence-electron chi connectivity index (χ0n) is 12.4. The highest BCUT2D eigenvalue weighted by atomic mass is 16.6. The summed E-state index contributed by atoms with van der Waals surface area (Å²) in [5, 5.41) is 17.0. The molecule has 0 amide bonds. The first-order chi connectivity index (χ1) is 11.7. The Morgan fingerprint density at radius 2 is 1.50 bits per heavy atom. The Morgan fingerprint density at radius 1 is 0.875 bits per heavy atom. The van der Waals surface area contributed by atoms with Crippen molar-refractivity contribution >= 4 is 5.97 Å². The monoisotopic (exact) mass is 324 g/mol. The van der Waals surface area contributed by atoms with E-state index in [0.717, 1.165) is 5.56 Å². The molecular weight excluding hydrogens is 312 g/mol. The molecule has 1 aliphatic rings. The van der Waals surface area contributed by atoms with E-state index in [2.05, 4.69) is 10.2 Å². The number of fused-ring (bicyclic) bond motifs is 1. The molecule has 7 heteroatoms. The van der Waals surface area contributed by atoms with Crippen LogP contribution in [0.15, 0.2) is 46.9 Å². The Balaban J connectivity index is 1.64. The summed E-state index contributed by atoms with van der Waals surface area (Å²) in [6.45, 7) is 1.03. The lowest BCUT2D eigenvalue weighted by Crippen LogP contribution is -2.15. The van der Waals surface area contributed by atoms with Gasteiger partial charge in [0, 0.05) is 11.1 Å². The van der Waals surface area contributed by atoms with E-state index in [0.29, 0.717) is 42.1 Å². The maximum absolute atomic E-state index is 10.9. The zero-order chi connectivity index (χ0) is 16.5. The summed E-state index contributed by atoms with van der Waals surface area (Å²) >= 11 is 0. The second-order valence-electron chi connectivity index (χ2n) is 5.15. The summed E-state index contributed by atoms with van der Waals surface area (Å²) in [7, 11) is 0. The molecule has 0 saturated heterocycles. The van der Waals surface area contributed by atoms with Crippen LogP contribution in [0.4, 0.5) is 0 Å². The summed E-state index contributed by atoms with van der Waals surface area (Å²) < 4.78 is 16.7. The van der Waals surface area contributed by atoms with Gasteiger partial charge in [-0.15, -0.1) is 10.2 Å². The fourth-order valence-electron chi connectivity index (χ4n) is 2.39. The van der Waals surface area contributed by atoms with E-state index in [-0.39, 0.29) is 5.56 Å². The molecule has 2 heterocycles. The highest BCUT2D eigenvalue weighted by Crippen LogP contribution is 2.34. The highest BCUT2D eigenvalue weighted by molar-refractivity contribution is 5.88. The Bertz CT molecular complexity index is 902. The van der Waals surface area contributed by atoms with E-state index in [1.807, 2.05) is 6.07 Å². The number of rotatable bonds is 3. The Hall–Kier alpha value is -3.35. The number of nitrogens with zero attached hydrogens (tertiary/aromatic N) is 2. The standard InChI is InChI=1S/C17H12N2O5/c20-17(21)11-3-1-10(2-4-11)15-18-19-16(24-15)12-5-6-13-14(9-12)23-8-7-22-13/h1-6,9H,7-8H2,(H,20,21). The predicted octanol–water partition coefficient (Wildman–Crippen LogP) is 2.87. The molecule has 0 bridgehead atoms. The number of aromatic carboxylic acids is 1. The van der Waals surface area contributed by atoms with Crippen LogP contribution in [-0.2, 0) is 0 Å². The van der Waals surface area contributed by atoms with Crippen molar-refractivity contribution in [2.75, 3.05) is 13.2 Å². The number of hydrogen-bond acceptors (Lipinski definition) is 6. The molecule has 24 heavy (non-hydrogen) atoms. The van der Waals surface area contributed by atoms with Gasteiger partial charge in [-0.2, -0.15) is 0 Å². The largest absolute Gasteiger partial charge is 0.486 e. The van der Waals surface area contributed by atoms with E-state index in [4.69, 9.17) is 19.0 Å². The summed E-state index contributed by atoms with van der Waals surface area (Å²) in [5.41, 5.74) is 1.57. The van der Waals surface area contributed by atoms with Crippen LogP contribution in [0.5, 0.6) is 11.5 Å². The normalized spacial score (nSPS) is 12.8. The van der Waals surface area contributed by atoms with Gasteiger partial charge in [0.1, 0.15) is 13.2 Å². The molecule has 0 fully saturated rings. The lowest BCUT2D eigenvalue weighted by atomic mass is 10.1. The number of ether oxygens (including phenoxy) is 2. The molecule has 4 rings (SSSR count). The Labute approximate surface area is 136 Å².